The molecule has 4 rings (SSSR count). The normalized spacial score (nSPS) is 13.1. The Morgan fingerprint density at radius 2 is 1.85 bits per heavy atom. The van der Waals surface area contributed by atoms with Crippen LogP contribution in [-0.4, -0.2) is 45.6 Å². The van der Waals surface area contributed by atoms with Gasteiger partial charge >= 0.3 is 0 Å². The van der Waals surface area contributed by atoms with E-state index in [-0.39, 0.29) is 10.1 Å². The molecule has 0 N–H and O–H groups in total. The van der Waals surface area contributed by atoms with Crippen molar-refractivity contribution in [2.24, 2.45) is 0 Å². The Bertz CT molecular complexity index is 1410. The Labute approximate surface area is 204 Å². The molecule has 0 aliphatic carbocycles. The van der Waals surface area contributed by atoms with Crippen molar-refractivity contribution in [2.75, 3.05) is 13.1 Å². The van der Waals surface area contributed by atoms with Gasteiger partial charge in [-0.1, -0.05) is 43.3 Å². The molecule has 0 saturated heterocycles. The van der Waals surface area contributed by atoms with Crippen LogP contribution in [0.25, 0.3) is 22.5 Å². The van der Waals surface area contributed by atoms with E-state index in [9.17, 15) is 8.42 Å². The second-order valence-corrected chi connectivity index (χ2v) is 11.2. The van der Waals surface area contributed by atoms with E-state index in [0.717, 1.165) is 21.8 Å². The molecular formula is C24H29N5O3S2. The number of imidazole rings is 1. The highest BCUT2D eigenvalue weighted by Gasteiger charge is 2.24. The number of aromatic nitrogens is 4. The van der Waals surface area contributed by atoms with Crippen LogP contribution in [0.1, 0.15) is 44.4 Å². The van der Waals surface area contributed by atoms with Crippen molar-refractivity contribution in [3.05, 3.63) is 53.9 Å². The summed E-state index contributed by atoms with van der Waals surface area (Å²) in [6.07, 6.45) is 0. The molecule has 1 unspecified atom stereocenters. The molecule has 0 aliphatic rings. The zero-order valence-electron chi connectivity index (χ0n) is 20.0. The van der Waals surface area contributed by atoms with Gasteiger partial charge in [0, 0.05) is 25.2 Å². The first kappa shape index (κ1) is 24.4. The summed E-state index contributed by atoms with van der Waals surface area (Å²) in [4.78, 5) is 5.02. The van der Waals surface area contributed by atoms with E-state index in [1.54, 1.807) is 12.1 Å². The summed E-state index contributed by atoms with van der Waals surface area (Å²) >= 11 is 1.51. The largest absolute Gasteiger partial charge is 0.419 e. The summed E-state index contributed by atoms with van der Waals surface area (Å²) in [5.74, 6) is 1.00. The molecule has 0 radical (unpaired) electrons. The fourth-order valence-electron chi connectivity index (χ4n) is 3.86. The number of benzene rings is 2. The van der Waals surface area contributed by atoms with E-state index in [2.05, 4.69) is 14.8 Å². The Hall–Kier alpha value is -2.69. The maximum Gasteiger partial charge on any atom is 0.247 e. The van der Waals surface area contributed by atoms with Gasteiger partial charge in [0.05, 0.1) is 21.2 Å². The van der Waals surface area contributed by atoms with Gasteiger partial charge < -0.3 is 8.98 Å². The van der Waals surface area contributed by atoms with Crippen LogP contribution in [-0.2, 0) is 16.6 Å². The first-order valence-corrected chi connectivity index (χ1v) is 13.7. The van der Waals surface area contributed by atoms with Crippen LogP contribution >= 0.6 is 11.8 Å². The minimum atomic E-state index is -3.55. The molecule has 34 heavy (non-hydrogen) atoms. The average molecular weight is 500 g/mol. The maximum atomic E-state index is 13.0. The quantitative estimate of drug-likeness (QED) is 0.289. The molecule has 2 aromatic carbocycles. The Morgan fingerprint density at radius 1 is 1.09 bits per heavy atom. The van der Waals surface area contributed by atoms with Gasteiger partial charge in [-0.15, -0.1) is 10.2 Å². The highest BCUT2D eigenvalue weighted by molar-refractivity contribution is 7.99. The summed E-state index contributed by atoms with van der Waals surface area (Å²) in [6, 6.07) is 13.1. The number of thioether (sulfide) groups is 1. The highest BCUT2D eigenvalue weighted by atomic mass is 32.2. The predicted octanol–water partition coefficient (Wildman–Crippen LogP) is 5.30. The van der Waals surface area contributed by atoms with Crippen LogP contribution < -0.4 is 0 Å². The summed E-state index contributed by atoms with van der Waals surface area (Å²) in [5.41, 5.74) is 3.55. The van der Waals surface area contributed by atoms with E-state index >= 15 is 0 Å². The molecule has 0 spiro atoms. The lowest BCUT2D eigenvalue weighted by Gasteiger charge is -2.18. The predicted molar refractivity (Wildman–Crippen MR) is 134 cm³/mol. The van der Waals surface area contributed by atoms with Crippen LogP contribution in [0, 0.1) is 6.92 Å². The van der Waals surface area contributed by atoms with Gasteiger partial charge in [0.1, 0.15) is 0 Å². The Kier molecular flexibility index (Phi) is 7.11. The van der Waals surface area contributed by atoms with Gasteiger partial charge in [-0.25, -0.2) is 13.4 Å². The van der Waals surface area contributed by atoms with E-state index in [1.165, 1.54) is 16.1 Å². The minimum absolute atomic E-state index is 0.132. The van der Waals surface area contributed by atoms with Gasteiger partial charge in [0.25, 0.3) is 0 Å². The van der Waals surface area contributed by atoms with Crippen molar-refractivity contribution in [3.8, 4) is 11.5 Å². The van der Waals surface area contributed by atoms with Crippen LogP contribution in [0.2, 0.25) is 0 Å². The third-order valence-corrected chi connectivity index (χ3v) is 8.80. The molecule has 0 saturated carbocycles. The molecule has 8 nitrogen and oxygen atoms in total. The number of fused-ring (bicyclic) bond motifs is 1. The van der Waals surface area contributed by atoms with Crippen LogP contribution in [0.4, 0.5) is 0 Å². The second-order valence-electron chi connectivity index (χ2n) is 7.95. The zero-order valence-corrected chi connectivity index (χ0v) is 21.7. The number of aryl methyl sites for hydroxylation is 2. The molecule has 10 heteroatoms. The molecule has 2 heterocycles. The lowest BCUT2D eigenvalue weighted by molar-refractivity contribution is 0.445. The highest BCUT2D eigenvalue weighted by Crippen LogP contribution is 2.37. The minimum Gasteiger partial charge on any atom is -0.419 e. The summed E-state index contributed by atoms with van der Waals surface area (Å²) in [7, 11) is -3.55. The number of nitrogens with zero attached hydrogens (tertiary/aromatic N) is 5. The zero-order chi connectivity index (χ0) is 24.5. The SMILES string of the molecule is CCN(CC)S(=O)(=O)c1ccc2c(c1)nc(SC(C)c1nnc(-c3cccc(C)c3)o1)n2CC. The molecule has 0 fully saturated rings. The van der Waals surface area contributed by atoms with Crippen molar-refractivity contribution < 1.29 is 12.8 Å². The van der Waals surface area contributed by atoms with E-state index in [4.69, 9.17) is 9.40 Å². The van der Waals surface area contributed by atoms with Crippen molar-refractivity contribution >= 4 is 32.8 Å². The molecule has 4 aromatic rings. The molecule has 180 valence electrons. The van der Waals surface area contributed by atoms with Crippen LogP contribution in [0.15, 0.2) is 56.9 Å². The van der Waals surface area contributed by atoms with Crippen molar-refractivity contribution in [2.45, 2.75) is 56.5 Å². The fraction of sp³-hybridized carbons (Fsp3) is 0.375. The van der Waals surface area contributed by atoms with Crippen LogP contribution in [0.5, 0.6) is 0 Å². The second kappa shape index (κ2) is 9.89. The summed E-state index contributed by atoms with van der Waals surface area (Å²) < 4.78 is 35.4. The monoisotopic (exact) mass is 499 g/mol. The lowest BCUT2D eigenvalue weighted by Crippen LogP contribution is -2.30. The van der Waals surface area contributed by atoms with Crippen LogP contribution in [0.3, 0.4) is 0 Å². The van der Waals surface area contributed by atoms with Gasteiger partial charge in [-0.05, 0) is 51.1 Å². The van der Waals surface area contributed by atoms with Gasteiger partial charge in [0.2, 0.25) is 21.8 Å². The third-order valence-electron chi connectivity index (χ3n) is 5.68. The van der Waals surface area contributed by atoms with E-state index in [0.29, 0.717) is 36.9 Å². The number of sulfonamides is 1. The first-order valence-electron chi connectivity index (χ1n) is 11.4. The molecule has 0 bridgehead atoms. The Morgan fingerprint density at radius 3 is 2.53 bits per heavy atom. The van der Waals surface area contributed by atoms with Crippen molar-refractivity contribution in [3.63, 3.8) is 0 Å². The van der Waals surface area contributed by atoms with Gasteiger partial charge in [-0.2, -0.15) is 4.31 Å². The maximum absolute atomic E-state index is 13.0. The van der Waals surface area contributed by atoms with Gasteiger partial charge in [-0.3, -0.25) is 0 Å². The number of hydrogen-bond acceptors (Lipinski definition) is 7. The third kappa shape index (κ3) is 4.62. The lowest BCUT2D eigenvalue weighted by atomic mass is 10.1. The molecule has 1 atom stereocenters. The summed E-state index contributed by atoms with van der Waals surface area (Å²) in [6.45, 7) is 11.3. The first-order chi connectivity index (χ1) is 16.3. The topological polar surface area (TPSA) is 94.1 Å². The standard InChI is InChI=1S/C24H29N5O3S2/c1-6-28(7-2)34(30,31)19-12-13-21-20(15-19)25-24(29(21)8-3)33-17(5)22-26-27-23(32-22)18-11-9-10-16(4)14-18/h9-15,17H,6-8H2,1-5H3. The molecule has 0 amide bonds. The van der Waals surface area contributed by atoms with E-state index in [1.807, 2.05) is 65.0 Å². The van der Waals surface area contributed by atoms with Crippen molar-refractivity contribution in [1.82, 2.24) is 24.1 Å². The molecule has 0 aliphatic heterocycles. The molecule has 2 aromatic heterocycles. The number of rotatable bonds is 9. The van der Waals surface area contributed by atoms with Crippen molar-refractivity contribution in [1.29, 1.82) is 0 Å². The number of hydrogen-bond donors (Lipinski definition) is 0. The molecular weight excluding hydrogens is 470 g/mol. The Balaban J connectivity index is 1.63. The average Bonchev–Trinajstić information content (AvgIpc) is 3.44. The smallest absolute Gasteiger partial charge is 0.247 e. The van der Waals surface area contributed by atoms with Gasteiger partial charge in [0.15, 0.2) is 5.16 Å². The summed E-state index contributed by atoms with van der Waals surface area (Å²) in [5, 5.41) is 9.11. The fourth-order valence-corrected chi connectivity index (χ4v) is 6.35. The van der Waals surface area contributed by atoms with E-state index < -0.39 is 10.0 Å².